The highest BCUT2D eigenvalue weighted by Gasteiger charge is 2.48. The Hall–Kier alpha value is -1.51. The van der Waals surface area contributed by atoms with E-state index in [2.05, 4.69) is 9.17 Å². The molecule has 0 unspecified atom stereocenters. The Balaban J connectivity index is 3.04. The average molecular weight is 271 g/mol. The molecule has 0 aliphatic carbocycles. The monoisotopic (exact) mass is 271 g/mol. The van der Waals surface area contributed by atoms with Gasteiger partial charge in [-0.15, -0.1) is 0 Å². The fourth-order valence-corrected chi connectivity index (χ4v) is 1.33. The molecule has 1 aromatic heterocycles. The highest BCUT2D eigenvalue weighted by molar-refractivity contribution is 7.88. The summed E-state index contributed by atoms with van der Waals surface area (Å²) in [5.41, 5.74) is -5.49. The second kappa shape index (κ2) is 4.78. The van der Waals surface area contributed by atoms with Gasteiger partial charge in [0, 0.05) is 12.3 Å². The van der Waals surface area contributed by atoms with E-state index in [1.54, 1.807) is 6.92 Å². The van der Waals surface area contributed by atoms with Crippen LogP contribution in [0.5, 0.6) is 11.5 Å². The Kier molecular flexibility index (Phi) is 3.81. The van der Waals surface area contributed by atoms with Gasteiger partial charge in [0.05, 0.1) is 12.8 Å². The second-order valence-corrected chi connectivity index (χ2v) is 4.28. The molecule has 0 spiro atoms. The molecule has 1 heterocycles. The molecule has 0 aliphatic heterocycles. The normalized spacial score (nSPS) is 12.2. The van der Waals surface area contributed by atoms with Crippen LogP contribution in [0.3, 0.4) is 0 Å². The first-order valence-electron chi connectivity index (χ1n) is 4.35. The minimum atomic E-state index is -5.70. The quantitative estimate of drug-likeness (QED) is 0.616. The summed E-state index contributed by atoms with van der Waals surface area (Å²) in [5.74, 6) is -0.734. The maximum atomic E-state index is 12.1. The van der Waals surface area contributed by atoms with Crippen LogP contribution in [0.4, 0.5) is 13.2 Å². The molecule has 96 valence electrons. The number of ether oxygens (including phenoxy) is 1. The first-order chi connectivity index (χ1) is 7.78. The maximum Gasteiger partial charge on any atom is 0.534 e. The summed E-state index contributed by atoms with van der Waals surface area (Å²) in [7, 11) is -5.70. The van der Waals surface area contributed by atoms with Crippen molar-refractivity contribution in [3.63, 3.8) is 0 Å². The molecule has 1 rings (SSSR count). The van der Waals surface area contributed by atoms with Crippen LogP contribution in [-0.4, -0.2) is 25.5 Å². The van der Waals surface area contributed by atoms with E-state index in [4.69, 9.17) is 4.74 Å². The Labute approximate surface area is 95.3 Å². The van der Waals surface area contributed by atoms with Crippen molar-refractivity contribution in [2.24, 2.45) is 0 Å². The predicted molar refractivity (Wildman–Crippen MR) is 51.0 cm³/mol. The standard InChI is InChI=1S/C8H8F3NO4S/c1-2-15-7-5-12-4-3-6(7)16-17(13,14)8(9,10)11/h3-5H,2H2,1H3. The van der Waals surface area contributed by atoms with E-state index in [-0.39, 0.29) is 12.4 Å². The minimum Gasteiger partial charge on any atom is -0.488 e. The van der Waals surface area contributed by atoms with Crippen molar-refractivity contribution in [2.45, 2.75) is 12.4 Å². The molecule has 17 heavy (non-hydrogen) atoms. The van der Waals surface area contributed by atoms with Crippen molar-refractivity contribution in [3.8, 4) is 11.5 Å². The van der Waals surface area contributed by atoms with Crippen molar-refractivity contribution in [1.29, 1.82) is 0 Å². The summed E-state index contributed by atoms with van der Waals surface area (Å²) in [4.78, 5) is 3.58. The van der Waals surface area contributed by atoms with Gasteiger partial charge in [0.1, 0.15) is 0 Å². The zero-order valence-corrected chi connectivity index (χ0v) is 9.38. The molecule has 0 radical (unpaired) electrons. The van der Waals surface area contributed by atoms with Gasteiger partial charge in [-0.2, -0.15) is 21.6 Å². The van der Waals surface area contributed by atoms with Gasteiger partial charge >= 0.3 is 15.6 Å². The van der Waals surface area contributed by atoms with E-state index < -0.39 is 21.4 Å². The molecular weight excluding hydrogens is 263 g/mol. The zero-order valence-electron chi connectivity index (χ0n) is 8.56. The SMILES string of the molecule is CCOc1cnccc1OS(=O)(=O)C(F)(F)F. The van der Waals surface area contributed by atoms with Crippen molar-refractivity contribution >= 4 is 10.1 Å². The molecule has 0 saturated carbocycles. The number of alkyl halides is 3. The maximum absolute atomic E-state index is 12.1. The van der Waals surface area contributed by atoms with Gasteiger partial charge in [-0.05, 0) is 6.92 Å². The van der Waals surface area contributed by atoms with E-state index in [1.165, 1.54) is 0 Å². The van der Waals surface area contributed by atoms with Crippen molar-refractivity contribution in [1.82, 2.24) is 4.98 Å². The number of hydrogen-bond acceptors (Lipinski definition) is 5. The van der Waals surface area contributed by atoms with E-state index in [0.29, 0.717) is 0 Å². The lowest BCUT2D eigenvalue weighted by molar-refractivity contribution is -0.0500. The molecule has 0 aromatic carbocycles. The lowest BCUT2D eigenvalue weighted by Gasteiger charge is -2.12. The summed E-state index contributed by atoms with van der Waals surface area (Å²) in [5, 5.41) is 0. The van der Waals surface area contributed by atoms with Gasteiger partial charge < -0.3 is 8.92 Å². The van der Waals surface area contributed by atoms with Crippen LogP contribution in [0.25, 0.3) is 0 Å². The molecule has 1 aromatic rings. The molecular formula is C8H8F3NO4S. The molecule has 0 amide bonds. The fourth-order valence-electron chi connectivity index (χ4n) is 0.865. The van der Waals surface area contributed by atoms with Crippen LogP contribution >= 0.6 is 0 Å². The summed E-state index contributed by atoms with van der Waals surface area (Å²) in [6.07, 6.45) is 2.15. The third kappa shape index (κ3) is 3.22. The first-order valence-corrected chi connectivity index (χ1v) is 5.76. The Morgan fingerprint density at radius 1 is 1.35 bits per heavy atom. The lowest BCUT2D eigenvalue weighted by Crippen LogP contribution is -2.28. The van der Waals surface area contributed by atoms with Gasteiger partial charge in [-0.25, -0.2) is 0 Å². The molecule has 0 bridgehead atoms. The summed E-state index contributed by atoms with van der Waals surface area (Å²) in [6.45, 7) is 1.71. The smallest absolute Gasteiger partial charge is 0.488 e. The highest BCUT2D eigenvalue weighted by atomic mass is 32.2. The van der Waals surface area contributed by atoms with Crippen LogP contribution in [-0.2, 0) is 10.1 Å². The van der Waals surface area contributed by atoms with Gasteiger partial charge in [-0.3, -0.25) is 4.98 Å². The molecule has 0 N–H and O–H groups in total. The van der Waals surface area contributed by atoms with Gasteiger partial charge in [0.15, 0.2) is 11.5 Å². The predicted octanol–water partition coefficient (Wildman–Crippen LogP) is 1.71. The van der Waals surface area contributed by atoms with Crippen molar-refractivity contribution in [3.05, 3.63) is 18.5 Å². The van der Waals surface area contributed by atoms with E-state index in [9.17, 15) is 21.6 Å². The largest absolute Gasteiger partial charge is 0.534 e. The molecule has 5 nitrogen and oxygen atoms in total. The summed E-state index contributed by atoms with van der Waals surface area (Å²) >= 11 is 0. The molecule has 0 atom stereocenters. The number of halogens is 3. The lowest BCUT2D eigenvalue weighted by atomic mass is 10.4. The van der Waals surface area contributed by atoms with Crippen LogP contribution < -0.4 is 8.92 Å². The average Bonchev–Trinajstić information content (AvgIpc) is 2.19. The Morgan fingerprint density at radius 2 is 2.00 bits per heavy atom. The van der Waals surface area contributed by atoms with E-state index >= 15 is 0 Å². The zero-order chi connectivity index (χ0) is 13.1. The number of nitrogens with zero attached hydrogens (tertiary/aromatic N) is 1. The van der Waals surface area contributed by atoms with Crippen LogP contribution in [0.2, 0.25) is 0 Å². The summed E-state index contributed by atoms with van der Waals surface area (Å²) in [6, 6.07) is 0.967. The van der Waals surface area contributed by atoms with Gasteiger partial charge in [-0.1, -0.05) is 0 Å². The van der Waals surface area contributed by atoms with Crippen molar-refractivity contribution < 1.29 is 30.5 Å². The highest BCUT2D eigenvalue weighted by Crippen LogP contribution is 2.31. The molecule has 0 aliphatic rings. The summed E-state index contributed by atoms with van der Waals surface area (Å²) < 4.78 is 66.5. The Bertz CT molecular complexity index is 486. The first kappa shape index (κ1) is 13.6. The van der Waals surface area contributed by atoms with Gasteiger partial charge in [0.25, 0.3) is 0 Å². The molecule has 9 heteroatoms. The molecule has 0 fully saturated rings. The van der Waals surface area contributed by atoms with Crippen molar-refractivity contribution in [2.75, 3.05) is 6.61 Å². The van der Waals surface area contributed by atoms with Crippen LogP contribution in [0.1, 0.15) is 6.92 Å². The topological polar surface area (TPSA) is 65.5 Å². The fraction of sp³-hybridized carbons (Fsp3) is 0.375. The second-order valence-electron chi connectivity index (χ2n) is 2.74. The van der Waals surface area contributed by atoms with Crippen LogP contribution in [0.15, 0.2) is 18.5 Å². The number of aromatic nitrogens is 1. The van der Waals surface area contributed by atoms with E-state index in [1.807, 2.05) is 0 Å². The number of pyridine rings is 1. The number of rotatable bonds is 4. The Morgan fingerprint density at radius 3 is 2.53 bits per heavy atom. The third-order valence-corrected chi connectivity index (χ3v) is 2.50. The number of hydrogen-bond donors (Lipinski definition) is 0. The minimum absolute atomic E-state index is 0.133. The third-order valence-electron chi connectivity index (χ3n) is 1.53. The van der Waals surface area contributed by atoms with E-state index in [0.717, 1.165) is 18.5 Å². The van der Waals surface area contributed by atoms with Crippen LogP contribution in [0, 0.1) is 0 Å². The molecule has 0 saturated heterocycles. The van der Waals surface area contributed by atoms with Gasteiger partial charge in [0.2, 0.25) is 0 Å².